The first-order valence-electron chi connectivity index (χ1n) is 7.38. The lowest BCUT2D eigenvalue weighted by Crippen LogP contribution is -2.46. The fourth-order valence-corrected chi connectivity index (χ4v) is 4.47. The molecule has 120 valence electrons. The molecule has 1 amide bonds. The third kappa shape index (κ3) is 2.51. The van der Waals surface area contributed by atoms with Crippen molar-refractivity contribution in [3.63, 3.8) is 0 Å². The molecule has 8 heteroatoms. The number of nitrogens with zero attached hydrogens (tertiary/aromatic N) is 2. The highest BCUT2D eigenvalue weighted by molar-refractivity contribution is 7.24. The minimum atomic E-state index is -0.900. The Bertz CT molecular complexity index is 867. The summed E-state index contributed by atoms with van der Waals surface area (Å²) in [5.74, 6) is -0.189. The maximum atomic E-state index is 12.7. The number of thiazole rings is 2. The van der Waals surface area contributed by atoms with Gasteiger partial charge in [-0.05, 0) is 19.1 Å². The van der Waals surface area contributed by atoms with Gasteiger partial charge in [-0.15, -0.1) is 11.3 Å². The monoisotopic (exact) mass is 349 g/mol. The van der Waals surface area contributed by atoms with E-state index in [2.05, 4.69) is 15.3 Å². The third-order valence-electron chi connectivity index (χ3n) is 3.90. The molecular weight excluding hydrogens is 334 g/mol. The SMILES string of the molecule is CCOC1(C(=O)Nc2nc3ccc4scnc4c3s2)CCOC1. The van der Waals surface area contributed by atoms with Crippen molar-refractivity contribution in [1.82, 2.24) is 9.97 Å². The Morgan fingerprint density at radius 1 is 1.52 bits per heavy atom. The van der Waals surface area contributed by atoms with Gasteiger partial charge in [0.1, 0.15) is 5.52 Å². The van der Waals surface area contributed by atoms with Crippen LogP contribution in [0.25, 0.3) is 20.4 Å². The van der Waals surface area contributed by atoms with E-state index in [0.717, 1.165) is 20.4 Å². The van der Waals surface area contributed by atoms with E-state index in [1.165, 1.54) is 11.3 Å². The van der Waals surface area contributed by atoms with Crippen molar-refractivity contribution in [3.8, 4) is 0 Å². The molecule has 1 aromatic carbocycles. The number of aromatic nitrogens is 2. The average Bonchev–Trinajstić information content (AvgIpc) is 3.25. The molecule has 6 nitrogen and oxygen atoms in total. The predicted octanol–water partition coefficient (Wildman–Crippen LogP) is 3.04. The molecule has 1 fully saturated rings. The van der Waals surface area contributed by atoms with E-state index in [1.54, 1.807) is 11.3 Å². The van der Waals surface area contributed by atoms with Gasteiger partial charge in [0.05, 0.1) is 33.6 Å². The van der Waals surface area contributed by atoms with Gasteiger partial charge in [-0.3, -0.25) is 10.1 Å². The zero-order chi connectivity index (χ0) is 15.9. The number of rotatable bonds is 4. The Kier molecular flexibility index (Phi) is 3.76. The second kappa shape index (κ2) is 5.79. The van der Waals surface area contributed by atoms with Crippen LogP contribution in [0.4, 0.5) is 5.13 Å². The standard InChI is InChI=1S/C15H15N3O3S2/c1-2-21-15(5-6-20-7-15)13(19)18-14-17-9-3-4-10-11(12(9)23-14)16-8-22-10/h3-4,8H,2,5-7H2,1H3,(H,17,18,19). The highest BCUT2D eigenvalue weighted by atomic mass is 32.1. The molecule has 3 heterocycles. The summed E-state index contributed by atoms with van der Waals surface area (Å²) in [5.41, 5.74) is 2.70. The number of amides is 1. The zero-order valence-electron chi connectivity index (χ0n) is 12.5. The molecule has 1 unspecified atom stereocenters. The summed E-state index contributed by atoms with van der Waals surface area (Å²) in [4.78, 5) is 21.5. The van der Waals surface area contributed by atoms with Crippen molar-refractivity contribution in [2.75, 3.05) is 25.1 Å². The molecular formula is C15H15N3O3S2. The Labute approximate surface area is 140 Å². The maximum absolute atomic E-state index is 12.7. The van der Waals surface area contributed by atoms with Crippen molar-refractivity contribution in [2.24, 2.45) is 0 Å². The van der Waals surface area contributed by atoms with Gasteiger partial charge in [-0.1, -0.05) is 11.3 Å². The summed E-state index contributed by atoms with van der Waals surface area (Å²) >= 11 is 3.04. The summed E-state index contributed by atoms with van der Waals surface area (Å²) in [5, 5.41) is 3.46. The maximum Gasteiger partial charge on any atom is 0.260 e. The number of nitrogens with one attached hydrogen (secondary N) is 1. The van der Waals surface area contributed by atoms with E-state index in [0.29, 0.717) is 24.8 Å². The van der Waals surface area contributed by atoms with Crippen LogP contribution < -0.4 is 5.32 Å². The Hall–Kier alpha value is -1.61. The molecule has 2 aromatic heterocycles. The van der Waals surface area contributed by atoms with E-state index in [1.807, 2.05) is 24.6 Å². The topological polar surface area (TPSA) is 73.3 Å². The van der Waals surface area contributed by atoms with Gasteiger partial charge < -0.3 is 9.47 Å². The van der Waals surface area contributed by atoms with Crippen LogP contribution in [-0.2, 0) is 14.3 Å². The Balaban J connectivity index is 1.65. The third-order valence-corrected chi connectivity index (χ3v) is 5.68. The van der Waals surface area contributed by atoms with E-state index >= 15 is 0 Å². The predicted molar refractivity (Wildman–Crippen MR) is 91.2 cm³/mol. The van der Waals surface area contributed by atoms with Crippen LogP contribution in [0.2, 0.25) is 0 Å². The minimum Gasteiger partial charge on any atom is -0.378 e. The molecule has 0 aliphatic carbocycles. The summed E-state index contributed by atoms with van der Waals surface area (Å²) in [6, 6.07) is 3.96. The molecule has 1 saturated heterocycles. The molecule has 0 bridgehead atoms. The van der Waals surface area contributed by atoms with Gasteiger partial charge in [0.2, 0.25) is 0 Å². The Morgan fingerprint density at radius 3 is 3.22 bits per heavy atom. The lowest BCUT2D eigenvalue weighted by Gasteiger charge is -2.25. The van der Waals surface area contributed by atoms with Gasteiger partial charge in [0.15, 0.2) is 10.7 Å². The summed E-state index contributed by atoms with van der Waals surface area (Å²) in [6.45, 7) is 3.17. The number of fused-ring (bicyclic) bond motifs is 3. The molecule has 0 saturated carbocycles. The van der Waals surface area contributed by atoms with E-state index < -0.39 is 5.60 Å². The first-order valence-corrected chi connectivity index (χ1v) is 9.07. The molecule has 3 aromatic rings. The van der Waals surface area contributed by atoms with Crippen LogP contribution in [0.5, 0.6) is 0 Å². The van der Waals surface area contributed by atoms with Crippen LogP contribution in [0, 0.1) is 0 Å². The van der Waals surface area contributed by atoms with Crippen molar-refractivity contribution < 1.29 is 14.3 Å². The lowest BCUT2D eigenvalue weighted by molar-refractivity contribution is -0.140. The average molecular weight is 349 g/mol. The second-order valence-electron chi connectivity index (χ2n) is 5.32. The van der Waals surface area contributed by atoms with Crippen LogP contribution >= 0.6 is 22.7 Å². The smallest absolute Gasteiger partial charge is 0.260 e. The normalized spacial score (nSPS) is 21.3. The first kappa shape index (κ1) is 14.9. The number of benzene rings is 1. The van der Waals surface area contributed by atoms with Crippen LogP contribution in [0.15, 0.2) is 17.6 Å². The molecule has 1 atom stereocenters. The number of hydrogen-bond acceptors (Lipinski definition) is 7. The highest BCUT2D eigenvalue weighted by Gasteiger charge is 2.43. The van der Waals surface area contributed by atoms with E-state index in [4.69, 9.17) is 9.47 Å². The molecule has 1 aliphatic heterocycles. The van der Waals surface area contributed by atoms with Gasteiger partial charge in [-0.25, -0.2) is 9.97 Å². The number of carbonyl (C=O) groups is 1. The molecule has 1 N–H and O–H groups in total. The lowest BCUT2D eigenvalue weighted by atomic mass is 10.0. The molecule has 4 rings (SSSR count). The van der Waals surface area contributed by atoms with Crippen molar-refractivity contribution in [2.45, 2.75) is 18.9 Å². The van der Waals surface area contributed by atoms with Crippen LogP contribution in [-0.4, -0.2) is 41.3 Å². The zero-order valence-corrected chi connectivity index (χ0v) is 14.1. The number of hydrogen-bond donors (Lipinski definition) is 1. The quantitative estimate of drug-likeness (QED) is 0.784. The van der Waals surface area contributed by atoms with Gasteiger partial charge >= 0.3 is 0 Å². The fourth-order valence-electron chi connectivity index (χ4n) is 2.76. The number of ether oxygens (including phenoxy) is 2. The first-order chi connectivity index (χ1) is 11.2. The summed E-state index contributed by atoms with van der Waals surface area (Å²) in [6.07, 6.45) is 0.563. The molecule has 0 radical (unpaired) electrons. The van der Waals surface area contributed by atoms with Gasteiger partial charge in [0.25, 0.3) is 5.91 Å². The number of anilines is 1. The van der Waals surface area contributed by atoms with Crippen molar-refractivity contribution in [1.29, 1.82) is 0 Å². The minimum absolute atomic E-state index is 0.189. The van der Waals surface area contributed by atoms with Crippen molar-refractivity contribution in [3.05, 3.63) is 17.6 Å². The van der Waals surface area contributed by atoms with E-state index in [-0.39, 0.29) is 12.5 Å². The highest BCUT2D eigenvalue weighted by Crippen LogP contribution is 2.34. The Morgan fingerprint density at radius 2 is 2.43 bits per heavy atom. The van der Waals surface area contributed by atoms with Crippen LogP contribution in [0.3, 0.4) is 0 Å². The van der Waals surface area contributed by atoms with Crippen molar-refractivity contribution >= 4 is 54.1 Å². The second-order valence-corrected chi connectivity index (χ2v) is 7.20. The molecule has 1 aliphatic rings. The summed E-state index contributed by atoms with van der Waals surface area (Å²) in [7, 11) is 0. The molecule has 23 heavy (non-hydrogen) atoms. The number of carbonyl (C=O) groups excluding carboxylic acids is 1. The van der Waals surface area contributed by atoms with Gasteiger partial charge in [0, 0.05) is 13.0 Å². The fraction of sp³-hybridized carbons (Fsp3) is 0.400. The molecule has 0 spiro atoms. The van der Waals surface area contributed by atoms with Gasteiger partial charge in [-0.2, -0.15) is 0 Å². The van der Waals surface area contributed by atoms with E-state index in [9.17, 15) is 4.79 Å². The summed E-state index contributed by atoms with van der Waals surface area (Å²) < 4.78 is 13.2. The van der Waals surface area contributed by atoms with Crippen LogP contribution in [0.1, 0.15) is 13.3 Å². The largest absolute Gasteiger partial charge is 0.378 e.